The molecule has 1 aromatic heterocycles. The van der Waals surface area contributed by atoms with Crippen molar-refractivity contribution in [3.63, 3.8) is 0 Å². The maximum absolute atomic E-state index is 11.9. The van der Waals surface area contributed by atoms with E-state index in [9.17, 15) is 14.4 Å². The number of aryl methyl sites for hydroxylation is 1. The maximum Gasteiger partial charge on any atom is 0.326 e. The SMILES string of the molecule is C/C=C/CC(NC(=O)c1cccn(C)c1=O)C(=O)O. The van der Waals surface area contributed by atoms with Crippen molar-refractivity contribution in [2.75, 3.05) is 0 Å². The zero-order valence-electron chi connectivity index (χ0n) is 10.8. The Kier molecular flexibility index (Phi) is 5.05. The summed E-state index contributed by atoms with van der Waals surface area (Å²) in [5, 5.41) is 11.3. The first-order valence-electron chi connectivity index (χ1n) is 5.77. The molecule has 1 heterocycles. The third-order valence-corrected chi connectivity index (χ3v) is 2.58. The molecule has 0 fully saturated rings. The Hall–Kier alpha value is -2.37. The molecule has 0 spiro atoms. The van der Waals surface area contributed by atoms with Crippen LogP contribution in [0.3, 0.4) is 0 Å². The van der Waals surface area contributed by atoms with Crippen LogP contribution < -0.4 is 10.9 Å². The van der Waals surface area contributed by atoms with Crippen LogP contribution in [0, 0.1) is 0 Å². The third-order valence-electron chi connectivity index (χ3n) is 2.58. The molecule has 1 aromatic rings. The molecule has 0 saturated carbocycles. The lowest BCUT2D eigenvalue weighted by molar-refractivity contribution is -0.139. The van der Waals surface area contributed by atoms with Crippen molar-refractivity contribution in [2.45, 2.75) is 19.4 Å². The van der Waals surface area contributed by atoms with E-state index in [2.05, 4.69) is 5.32 Å². The number of carbonyl (C=O) groups is 2. The minimum atomic E-state index is -1.14. The Morgan fingerprint density at radius 1 is 1.53 bits per heavy atom. The second kappa shape index (κ2) is 6.53. The summed E-state index contributed by atoms with van der Waals surface area (Å²) in [5.74, 6) is -1.82. The summed E-state index contributed by atoms with van der Waals surface area (Å²) in [5.41, 5.74) is -0.535. The fourth-order valence-electron chi connectivity index (χ4n) is 1.50. The zero-order chi connectivity index (χ0) is 14.4. The van der Waals surface area contributed by atoms with E-state index in [0.717, 1.165) is 0 Å². The number of hydrogen-bond acceptors (Lipinski definition) is 3. The molecule has 0 bridgehead atoms. The van der Waals surface area contributed by atoms with Gasteiger partial charge in [0.05, 0.1) is 0 Å². The van der Waals surface area contributed by atoms with Gasteiger partial charge in [0.1, 0.15) is 11.6 Å². The number of aromatic nitrogens is 1. The number of allylic oxidation sites excluding steroid dienone is 1. The monoisotopic (exact) mass is 264 g/mol. The summed E-state index contributed by atoms with van der Waals surface area (Å²) in [6.45, 7) is 1.76. The van der Waals surface area contributed by atoms with E-state index in [1.54, 1.807) is 25.1 Å². The van der Waals surface area contributed by atoms with Crippen LogP contribution in [0.15, 0.2) is 35.3 Å². The van der Waals surface area contributed by atoms with Gasteiger partial charge >= 0.3 is 5.97 Å². The summed E-state index contributed by atoms with van der Waals surface area (Å²) >= 11 is 0. The topological polar surface area (TPSA) is 88.4 Å². The molecule has 0 saturated heterocycles. The van der Waals surface area contributed by atoms with E-state index in [4.69, 9.17) is 5.11 Å². The second-order valence-electron chi connectivity index (χ2n) is 4.01. The van der Waals surface area contributed by atoms with Crippen LogP contribution in [0.25, 0.3) is 0 Å². The Morgan fingerprint density at radius 2 is 2.21 bits per heavy atom. The van der Waals surface area contributed by atoms with Gasteiger partial charge in [-0.05, 0) is 25.5 Å². The zero-order valence-corrected chi connectivity index (χ0v) is 10.8. The van der Waals surface area contributed by atoms with E-state index >= 15 is 0 Å². The van der Waals surface area contributed by atoms with Gasteiger partial charge in [-0.1, -0.05) is 12.2 Å². The number of hydrogen-bond donors (Lipinski definition) is 2. The molecular weight excluding hydrogens is 248 g/mol. The summed E-state index contributed by atoms with van der Waals surface area (Å²) in [6, 6.07) is 1.87. The molecule has 2 N–H and O–H groups in total. The molecule has 102 valence electrons. The highest BCUT2D eigenvalue weighted by molar-refractivity contribution is 5.96. The van der Waals surface area contributed by atoms with E-state index < -0.39 is 23.5 Å². The van der Waals surface area contributed by atoms with Crippen LogP contribution in [0.2, 0.25) is 0 Å². The Morgan fingerprint density at radius 3 is 2.79 bits per heavy atom. The number of amides is 1. The molecule has 1 amide bonds. The Labute approximate surface area is 110 Å². The van der Waals surface area contributed by atoms with Gasteiger partial charge in [0, 0.05) is 13.2 Å². The molecule has 1 rings (SSSR count). The largest absolute Gasteiger partial charge is 0.480 e. The number of carboxylic acid groups (broad SMARTS) is 1. The van der Waals surface area contributed by atoms with E-state index in [0.29, 0.717) is 0 Å². The van der Waals surface area contributed by atoms with Gasteiger partial charge in [-0.3, -0.25) is 9.59 Å². The summed E-state index contributed by atoms with van der Waals surface area (Å²) < 4.78 is 1.26. The minimum Gasteiger partial charge on any atom is -0.480 e. The third kappa shape index (κ3) is 3.80. The van der Waals surface area contributed by atoms with E-state index in [1.807, 2.05) is 0 Å². The highest BCUT2D eigenvalue weighted by Gasteiger charge is 2.20. The van der Waals surface area contributed by atoms with Crippen molar-refractivity contribution >= 4 is 11.9 Å². The van der Waals surface area contributed by atoms with Crippen LogP contribution in [0.1, 0.15) is 23.7 Å². The molecule has 6 nitrogen and oxygen atoms in total. The molecule has 6 heteroatoms. The van der Waals surface area contributed by atoms with Crippen LogP contribution in [0.5, 0.6) is 0 Å². The fourth-order valence-corrected chi connectivity index (χ4v) is 1.50. The lowest BCUT2D eigenvalue weighted by atomic mass is 10.1. The van der Waals surface area contributed by atoms with Gasteiger partial charge in [-0.25, -0.2) is 4.79 Å². The van der Waals surface area contributed by atoms with Crippen molar-refractivity contribution in [2.24, 2.45) is 7.05 Å². The molecule has 0 aliphatic carbocycles. The van der Waals surface area contributed by atoms with Gasteiger partial charge in [0.2, 0.25) is 0 Å². The van der Waals surface area contributed by atoms with Crippen LogP contribution in [0.4, 0.5) is 0 Å². The Balaban J connectivity index is 2.91. The fraction of sp³-hybridized carbons (Fsp3) is 0.308. The lowest BCUT2D eigenvalue weighted by Gasteiger charge is -2.12. The predicted octanol–water partition coefficient (Wildman–Crippen LogP) is 0.534. The molecule has 1 atom stereocenters. The molecule has 0 aliphatic rings. The summed E-state index contributed by atoms with van der Waals surface area (Å²) in [4.78, 5) is 34.6. The number of carboxylic acids is 1. The molecule has 0 radical (unpaired) electrons. The Bertz CT molecular complexity index is 560. The van der Waals surface area contributed by atoms with Crippen molar-refractivity contribution in [3.8, 4) is 0 Å². The van der Waals surface area contributed by atoms with Crippen LogP contribution in [-0.4, -0.2) is 27.6 Å². The predicted molar refractivity (Wildman–Crippen MR) is 70.0 cm³/mol. The number of aliphatic carboxylic acids is 1. The summed E-state index contributed by atoms with van der Waals surface area (Å²) in [6.07, 6.45) is 5.03. The first-order chi connectivity index (χ1) is 8.97. The van der Waals surface area contributed by atoms with Gasteiger partial charge in [0.15, 0.2) is 0 Å². The van der Waals surface area contributed by atoms with Gasteiger partial charge in [-0.2, -0.15) is 0 Å². The first kappa shape index (κ1) is 14.7. The van der Waals surface area contributed by atoms with Gasteiger partial charge < -0.3 is 15.0 Å². The van der Waals surface area contributed by atoms with Crippen molar-refractivity contribution < 1.29 is 14.7 Å². The minimum absolute atomic E-state index is 0.0725. The quantitative estimate of drug-likeness (QED) is 0.759. The highest BCUT2D eigenvalue weighted by atomic mass is 16.4. The summed E-state index contributed by atoms with van der Waals surface area (Å²) in [7, 11) is 1.52. The number of nitrogens with zero attached hydrogens (tertiary/aromatic N) is 1. The standard InChI is InChI=1S/C13H16N2O4/c1-3-4-7-10(13(18)19)14-11(16)9-6-5-8-15(2)12(9)17/h3-6,8,10H,7H2,1-2H3,(H,14,16)(H,18,19)/b4-3+. The molecular formula is C13H16N2O4. The molecule has 19 heavy (non-hydrogen) atoms. The van der Waals surface area contributed by atoms with Crippen LogP contribution in [-0.2, 0) is 11.8 Å². The smallest absolute Gasteiger partial charge is 0.326 e. The van der Waals surface area contributed by atoms with Crippen molar-refractivity contribution in [1.82, 2.24) is 9.88 Å². The van der Waals surface area contributed by atoms with Gasteiger partial charge in [-0.15, -0.1) is 0 Å². The highest BCUT2D eigenvalue weighted by Crippen LogP contribution is 1.98. The number of nitrogens with one attached hydrogen (secondary N) is 1. The van der Waals surface area contributed by atoms with E-state index in [-0.39, 0.29) is 12.0 Å². The van der Waals surface area contributed by atoms with Crippen LogP contribution >= 0.6 is 0 Å². The maximum atomic E-state index is 11.9. The number of pyridine rings is 1. The normalized spacial score (nSPS) is 12.3. The van der Waals surface area contributed by atoms with Gasteiger partial charge in [0.25, 0.3) is 11.5 Å². The first-order valence-corrected chi connectivity index (χ1v) is 5.77. The second-order valence-corrected chi connectivity index (χ2v) is 4.01. The molecule has 0 aliphatic heterocycles. The molecule has 0 aromatic carbocycles. The number of rotatable bonds is 5. The van der Waals surface area contributed by atoms with E-state index in [1.165, 1.54) is 23.9 Å². The van der Waals surface area contributed by atoms with Crippen molar-refractivity contribution in [1.29, 1.82) is 0 Å². The average molecular weight is 264 g/mol. The average Bonchev–Trinajstić information content (AvgIpc) is 2.37. The number of carbonyl (C=O) groups excluding carboxylic acids is 1. The van der Waals surface area contributed by atoms with Crippen molar-refractivity contribution in [3.05, 3.63) is 46.4 Å². The lowest BCUT2D eigenvalue weighted by Crippen LogP contribution is -2.42. The molecule has 1 unspecified atom stereocenters.